The zero-order chi connectivity index (χ0) is 19.6. The van der Waals surface area contributed by atoms with Crippen LogP contribution in [0.25, 0.3) is 16.5 Å². The van der Waals surface area contributed by atoms with E-state index in [2.05, 4.69) is 23.8 Å². The van der Waals surface area contributed by atoms with E-state index in [-0.39, 0.29) is 0 Å². The van der Waals surface area contributed by atoms with E-state index in [4.69, 9.17) is 20.1 Å². The molecule has 0 bridgehead atoms. The molecule has 0 saturated carbocycles. The minimum Gasteiger partial charge on any atom is -0.493 e. The molecule has 6 nitrogen and oxygen atoms in total. The van der Waals surface area contributed by atoms with Gasteiger partial charge in [0.05, 0.1) is 27.5 Å². The summed E-state index contributed by atoms with van der Waals surface area (Å²) >= 11 is 0. The largest absolute Gasteiger partial charge is 0.493 e. The molecule has 3 aromatic rings. The summed E-state index contributed by atoms with van der Waals surface area (Å²) in [4.78, 5) is 0. The number of fused-ring (bicyclic) bond motifs is 1. The summed E-state index contributed by atoms with van der Waals surface area (Å²) in [5, 5.41) is 4.71. The molecule has 0 spiro atoms. The van der Waals surface area contributed by atoms with Crippen LogP contribution in [0.1, 0.15) is 16.7 Å². The lowest BCUT2D eigenvalue weighted by Crippen LogP contribution is -1.97. The van der Waals surface area contributed by atoms with E-state index in [1.165, 1.54) is 0 Å². The van der Waals surface area contributed by atoms with Crippen molar-refractivity contribution in [3.8, 4) is 17.2 Å². The lowest BCUT2D eigenvalue weighted by Gasteiger charge is -2.15. The average Bonchev–Trinajstić information content (AvgIpc) is 3.01. The molecule has 0 aliphatic carbocycles. The van der Waals surface area contributed by atoms with Crippen molar-refractivity contribution in [2.75, 3.05) is 21.3 Å². The quantitative estimate of drug-likeness (QED) is 0.412. The van der Waals surface area contributed by atoms with E-state index in [9.17, 15) is 0 Å². The Morgan fingerprint density at radius 3 is 2.26 bits per heavy atom. The Kier molecular flexibility index (Phi) is 5.07. The number of nitrogens with two attached hydrogens (primary N) is 1. The van der Waals surface area contributed by atoms with Crippen molar-refractivity contribution in [2.24, 2.45) is 18.0 Å². The maximum atomic E-state index is 5.45. The van der Waals surface area contributed by atoms with Gasteiger partial charge in [-0.2, -0.15) is 5.10 Å². The van der Waals surface area contributed by atoms with Gasteiger partial charge in [0.1, 0.15) is 0 Å². The molecule has 0 amide bonds. The summed E-state index contributed by atoms with van der Waals surface area (Å²) < 4.78 is 18.3. The van der Waals surface area contributed by atoms with Gasteiger partial charge in [-0.1, -0.05) is 12.6 Å². The highest BCUT2D eigenvalue weighted by molar-refractivity contribution is 6.01. The van der Waals surface area contributed by atoms with E-state index in [0.29, 0.717) is 17.2 Å². The number of rotatable bonds is 6. The van der Waals surface area contributed by atoms with Crippen LogP contribution in [0, 0.1) is 0 Å². The Hall–Kier alpha value is -3.41. The number of nitrogens with zero attached hydrogens (tertiary/aromatic N) is 2. The number of benzene rings is 2. The van der Waals surface area contributed by atoms with Crippen LogP contribution < -0.4 is 20.1 Å². The van der Waals surface area contributed by atoms with Crippen molar-refractivity contribution in [2.45, 2.75) is 0 Å². The topological polar surface area (TPSA) is 71.0 Å². The lowest BCUT2D eigenvalue weighted by molar-refractivity contribution is 0.324. The first kappa shape index (κ1) is 18.4. The summed E-state index contributed by atoms with van der Waals surface area (Å²) in [7, 11) is 6.76. The van der Waals surface area contributed by atoms with E-state index < -0.39 is 0 Å². The summed E-state index contributed by atoms with van der Waals surface area (Å²) in [6.07, 6.45) is 3.64. The maximum absolute atomic E-state index is 5.45. The minimum atomic E-state index is 0.552. The van der Waals surface area contributed by atoms with Gasteiger partial charge in [0, 0.05) is 29.7 Å². The van der Waals surface area contributed by atoms with Gasteiger partial charge in [0.15, 0.2) is 11.5 Å². The van der Waals surface area contributed by atoms with Gasteiger partial charge >= 0.3 is 0 Å². The highest BCUT2D eigenvalue weighted by Gasteiger charge is 2.16. The van der Waals surface area contributed by atoms with Crippen molar-refractivity contribution in [3.63, 3.8) is 0 Å². The van der Waals surface area contributed by atoms with Gasteiger partial charge in [-0.05, 0) is 41.0 Å². The molecule has 0 radical (unpaired) electrons. The summed E-state index contributed by atoms with van der Waals surface area (Å²) in [5.41, 5.74) is 4.75. The average molecular weight is 365 g/mol. The normalized spacial score (nSPS) is 11.1. The first-order chi connectivity index (χ1) is 13.0. The van der Waals surface area contributed by atoms with Crippen LogP contribution in [0.2, 0.25) is 0 Å². The minimum absolute atomic E-state index is 0.552. The number of aryl methyl sites for hydroxylation is 1. The molecule has 2 N–H and O–H groups in total. The summed E-state index contributed by atoms with van der Waals surface area (Å²) in [5.74, 6) is 7.07. The van der Waals surface area contributed by atoms with E-state index in [0.717, 1.165) is 33.2 Å². The van der Waals surface area contributed by atoms with Crippen LogP contribution in [0.4, 0.5) is 0 Å². The molecule has 0 aliphatic rings. The molecule has 0 unspecified atom stereocenters. The van der Waals surface area contributed by atoms with E-state index in [1.54, 1.807) is 27.5 Å². The van der Waals surface area contributed by atoms with Crippen LogP contribution >= 0.6 is 0 Å². The number of hydrazone groups is 1. The van der Waals surface area contributed by atoms with E-state index >= 15 is 0 Å². The number of hydrogen-bond acceptors (Lipinski definition) is 5. The second kappa shape index (κ2) is 7.45. The van der Waals surface area contributed by atoms with Crippen molar-refractivity contribution in [1.29, 1.82) is 0 Å². The molecule has 1 aromatic heterocycles. The highest BCUT2D eigenvalue weighted by Crippen LogP contribution is 2.41. The lowest BCUT2D eigenvalue weighted by atomic mass is 9.97. The van der Waals surface area contributed by atoms with Gasteiger partial charge < -0.3 is 24.6 Å². The summed E-state index contributed by atoms with van der Waals surface area (Å²) in [6.45, 7) is 4.27. The van der Waals surface area contributed by atoms with Crippen molar-refractivity contribution < 1.29 is 14.2 Å². The molecule has 0 saturated heterocycles. The van der Waals surface area contributed by atoms with Crippen molar-refractivity contribution >= 4 is 22.7 Å². The van der Waals surface area contributed by atoms with Crippen molar-refractivity contribution in [3.05, 3.63) is 59.8 Å². The maximum Gasteiger partial charge on any atom is 0.203 e. The predicted octanol–water partition coefficient (Wildman–Crippen LogP) is 3.56. The first-order valence-electron chi connectivity index (χ1n) is 8.36. The van der Waals surface area contributed by atoms with Gasteiger partial charge in [0.25, 0.3) is 0 Å². The second-order valence-electron chi connectivity index (χ2n) is 6.10. The number of hydrogen-bond donors (Lipinski definition) is 1. The van der Waals surface area contributed by atoms with Crippen LogP contribution in [0.5, 0.6) is 17.2 Å². The monoisotopic (exact) mass is 365 g/mol. The Morgan fingerprint density at radius 2 is 1.70 bits per heavy atom. The van der Waals surface area contributed by atoms with Gasteiger partial charge in [-0.15, -0.1) is 0 Å². The Labute approximate surface area is 158 Å². The molecule has 27 heavy (non-hydrogen) atoms. The molecular weight excluding hydrogens is 342 g/mol. The zero-order valence-corrected chi connectivity index (χ0v) is 15.9. The van der Waals surface area contributed by atoms with Crippen LogP contribution in [0.15, 0.2) is 48.2 Å². The molecule has 0 atom stereocenters. The number of aromatic nitrogens is 1. The van der Waals surface area contributed by atoms with Gasteiger partial charge in [-0.3, -0.25) is 0 Å². The van der Waals surface area contributed by atoms with Crippen LogP contribution in [-0.4, -0.2) is 32.1 Å². The fraction of sp³-hybridized carbons (Fsp3) is 0.190. The van der Waals surface area contributed by atoms with Crippen LogP contribution in [-0.2, 0) is 7.05 Å². The molecular formula is C21H23N3O3. The Morgan fingerprint density at radius 1 is 1.04 bits per heavy atom. The third-order valence-electron chi connectivity index (χ3n) is 4.60. The highest BCUT2D eigenvalue weighted by atomic mass is 16.5. The smallest absolute Gasteiger partial charge is 0.203 e. The van der Waals surface area contributed by atoms with E-state index in [1.807, 2.05) is 36.0 Å². The molecule has 3 rings (SSSR count). The molecule has 0 aliphatic heterocycles. The molecule has 140 valence electrons. The SMILES string of the molecule is C=C(c1cc(OC)c(OC)c(OC)c1)c1ccc2c(c1)c(/C=N/N)cn2C. The molecule has 2 aromatic carbocycles. The van der Waals surface area contributed by atoms with Gasteiger partial charge in [0.2, 0.25) is 5.75 Å². The molecule has 6 heteroatoms. The Balaban J connectivity index is 2.12. The molecule has 1 heterocycles. The third-order valence-corrected chi connectivity index (χ3v) is 4.60. The summed E-state index contributed by atoms with van der Waals surface area (Å²) in [6, 6.07) is 9.96. The standard InChI is InChI=1S/C21H23N3O3/c1-13(15-9-19(25-3)21(27-5)20(10-15)26-4)14-6-7-18-17(8-14)16(11-23-22)12-24(18)2/h6-12H,1,22H2,2-5H3/b23-11+. The predicted molar refractivity (Wildman–Crippen MR) is 109 cm³/mol. The second-order valence-corrected chi connectivity index (χ2v) is 6.10. The fourth-order valence-corrected chi connectivity index (χ4v) is 3.22. The van der Waals surface area contributed by atoms with Gasteiger partial charge in [-0.25, -0.2) is 0 Å². The zero-order valence-electron chi connectivity index (χ0n) is 15.9. The first-order valence-corrected chi connectivity index (χ1v) is 8.36. The fourth-order valence-electron chi connectivity index (χ4n) is 3.22. The van der Waals surface area contributed by atoms with Crippen molar-refractivity contribution in [1.82, 2.24) is 4.57 Å². The Bertz CT molecular complexity index is 1010. The third kappa shape index (κ3) is 3.21. The van der Waals surface area contributed by atoms with Crippen LogP contribution in [0.3, 0.4) is 0 Å². The number of ether oxygens (including phenoxy) is 3. The molecule has 0 fully saturated rings. The number of methoxy groups -OCH3 is 3.